The van der Waals surface area contributed by atoms with E-state index in [0.29, 0.717) is 5.75 Å². The van der Waals surface area contributed by atoms with Crippen LogP contribution in [0.4, 0.5) is 13.2 Å². The maximum Gasteiger partial charge on any atom is 0.391 e. The van der Waals surface area contributed by atoms with Gasteiger partial charge in [0.2, 0.25) is 5.91 Å². The van der Waals surface area contributed by atoms with Crippen LogP contribution in [0.1, 0.15) is 24.0 Å². The highest BCUT2D eigenvalue weighted by Crippen LogP contribution is 2.22. The highest BCUT2D eigenvalue weighted by Gasteiger charge is 2.36. The molecule has 1 amide bonds. The molecule has 0 aliphatic rings. The molecule has 23 heavy (non-hydrogen) atoms. The molecule has 128 valence electrons. The van der Waals surface area contributed by atoms with Crippen molar-refractivity contribution >= 4 is 11.9 Å². The predicted octanol–water partition coefficient (Wildman–Crippen LogP) is 2.59. The molecule has 0 aromatic heterocycles. The molecule has 0 bridgehead atoms. The lowest BCUT2D eigenvalue weighted by Crippen LogP contribution is -2.43. The molecule has 0 saturated heterocycles. The number of carboxylic acids is 1. The van der Waals surface area contributed by atoms with Gasteiger partial charge in [-0.15, -0.1) is 0 Å². The number of carboxylic acid groups (broad SMARTS) is 1. The summed E-state index contributed by atoms with van der Waals surface area (Å²) in [5.41, 5.74) is 1.91. The van der Waals surface area contributed by atoms with Crippen molar-refractivity contribution in [2.24, 2.45) is 0 Å². The fourth-order valence-electron chi connectivity index (χ4n) is 1.91. The van der Waals surface area contributed by atoms with Gasteiger partial charge in [-0.25, -0.2) is 4.79 Å². The standard InChI is InChI=1S/C15H18F3NO4/c1-9-3-4-12(10(2)7-9)23-6-5-13(20)19-11(14(21)22)8-15(16,17)18/h3-4,7,11H,5-6,8H2,1-2H3,(H,19,20)(H,21,22). The quantitative estimate of drug-likeness (QED) is 0.804. The summed E-state index contributed by atoms with van der Waals surface area (Å²) < 4.78 is 42.1. The van der Waals surface area contributed by atoms with Crippen LogP contribution >= 0.6 is 0 Å². The monoisotopic (exact) mass is 333 g/mol. The fraction of sp³-hybridized carbons (Fsp3) is 0.467. The van der Waals surface area contributed by atoms with Gasteiger partial charge in [0.15, 0.2) is 0 Å². The molecular formula is C15H18F3NO4. The number of nitrogens with one attached hydrogen (secondary N) is 1. The summed E-state index contributed by atoms with van der Waals surface area (Å²) in [7, 11) is 0. The van der Waals surface area contributed by atoms with E-state index in [1.165, 1.54) is 0 Å². The number of aliphatic carboxylic acids is 1. The molecule has 0 spiro atoms. The van der Waals surface area contributed by atoms with Gasteiger partial charge in [-0.3, -0.25) is 4.79 Å². The number of benzene rings is 1. The smallest absolute Gasteiger partial charge is 0.391 e. The molecule has 1 atom stereocenters. The van der Waals surface area contributed by atoms with Gasteiger partial charge in [0.1, 0.15) is 11.8 Å². The molecule has 1 rings (SSSR count). The Morgan fingerprint density at radius 1 is 1.30 bits per heavy atom. The normalized spacial score (nSPS) is 12.6. The number of aryl methyl sites for hydroxylation is 2. The van der Waals surface area contributed by atoms with Crippen LogP contribution in [-0.2, 0) is 9.59 Å². The molecule has 0 saturated carbocycles. The van der Waals surface area contributed by atoms with Crippen LogP contribution < -0.4 is 10.1 Å². The van der Waals surface area contributed by atoms with E-state index in [0.717, 1.165) is 11.1 Å². The Morgan fingerprint density at radius 2 is 1.96 bits per heavy atom. The van der Waals surface area contributed by atoms with E-state index < -0.39 is 30.5 Å². The number of ether oxygens (including phenoxy) is 1. The van der Waals surface area contributed by atoms with Gasteiger partial charge in [-0.05, 0) is 25.5 Å². The average Bonchev–Trinajstić information content (AvgIpc) is 2.39. The van der Waals surface area contributed by atoms with Crippen LogP contribution in [0.2, 0.25) is 0 Å². The van der Waals surface area contributed by atoms with Gasteiger partial charge in [-0.1, -0.05) is 17.7 Å². The van der Waals surface area contributed by atoms with E-state index in [1.807, 2.05) is 31.3 Å². The third kappa shape index (κ3) is 7.03. The van der Waals surface area contributed by atoms with E-state index in [1.54, 1.807) is 6.07 Å². The molecule has 1 aromatic rings. The predicted molar refractivity (Wildman–Crippen MR) is 76.3 cm³/mol. The first-order valence-electron chi connectivity index (χ1n) is 6.87. The number of hydrogen-bond donors (Lipinski definition) is 2. The number of amides is 1. The SMILES string of the molecule is Cc1ccc(OCCC(=O)NC(CC(F)(F)F)C(=O)O)c(C)c1. The zero-order valence-electron chi connectivity index (χ0n) is 12.7. The van der Waals surface area contributed by atoms with Crippen molar-refractivity contribution in [3.05, 3.63) is 29.3 Å². The maximum atomic E-state index is 12.2. The molecule has 5 nitrogen and oxygen atoms in total. The number of rotatable bonds is 7. The van der Waals surface area contributed by atoms with E-state index >= 15 is 0 Å². The van der Waals surface area contributed by atoms with Gasteiger partial charge in [0, 0.05) is 0 Å². The first kappa shape index (κ1) is 18.8. The van der Waals surface area contributed by atoms with Crippen LogP contribution in [0.25, 0.3) is 0 Å². The van der Waals surface area contributed by atoms with Crippen molar-refractivity contribution < 1.29 is 32.6 Å². The van der Waals surface area contributed by atoms with Crippen molar-refractivity contribution in [3.8, 4) is 5.75 Å². The van der Waals surface area contributed by atoms with Crippen LogP contribution in [0.15, 0.2) is 18.2 Å². The molecule has 0 aliphatic heterocycles. The van der Waals surface area contributed by atoms with E-state index in [9.17, 15) is 22.8 Å². The van der Waals surface area contributed by atoms with Gasteiger partial charge < -0.3 is 15.2 Å². The minimum absolute atomic E-state index is 0.0614. The molecule has 0 fully saturated rings. The summed E-state index contributed by atoms with van der Waals surface area (Å²) in [6.45, 7) is 3.68. The van der Waals surface area contributed by atoms with E-state index in [4.69, 9.17) is 9.84 Å². The lowest BCUT2D eigenvalue weighted by molar-refractivity contribution is -0.160. The summed E-state index contributed by atoms with van der Waals surface area (Å²) in [5.74, 6) is -1.98. The fourth-order valence-corrected chi connectivity index (χ4v) is 1.91. The van der Waals surface area contributed by atoms with Crippen LogP contribution in [0, 0.1) is 13.8 Å². The third-order valence-corrected chi connectivity index (χ3v) is 2.99. The molecule has 0 radical (unpaired) electrons. The lowest BCUT2D eigenvalue weighted by atomic mass is 10.1. The first-order valence-corrected chi connectivity index (χ1v) is 6.87. The second kappa shape index (κ2) is 7.85. The van der Waals surface area contributed by atoms with Crippen molar-refractivity contribution in [2.75, 3.05) is 6.61 Å². The number of carbonyl (C=O) groups excluding carboxylic acids is 1. The molecule has 0 aliphatic carbocycles. The highest BCUT2D eigenvalue weighted by atomic mass is 19.4. The average molecular weight is 333 g/mol. The van der Waals surface area contributed by atoms with Gasteiger partial charge in [0.05, 0.1) is 19.4 Å². The van der Waals surface area contributed by atoms with Gasteiger partial charge >= 0.3 is 12.1 Å². The Hall–Kier alpha value is -2.25. The Kier molecular flexibility index (Phi) is 6.41. The summed E-state index contributed by atoms with van der Waals surface area (Å²) in [4.78, 5) is 22.3. The molecule has 1 aromatic carbocycles. The number of halogens is 3. The number of alkyl halides is 3. The maximum absolute atomic E-state index is 12.2. The Bertz CT molecular complexity index is 572. The summed E-state index contributed by atoms with van der Waals surface area (Å²) in [6.07, 6.45) is -6.53. The van der Waals surface area contributed by atoms with Gasteiger partial charge in [-0.2, -0.15) is 13.2 Å². The minimum atomic E-state index is -4.67. The summed E-state index contributed by atoms with van der Waals surface area (Å²) >= 11 is 0. The molecule has 8 heteroatoms. The van der Waals surface area contributed by atoms with Gasteiger partial charge in [0.25, 0.3) is 0 Å². The zero-order chi connectivity index (χ0) is 17.6. The molecular weight excluding hydrogens is 315 g/mol. The summed E-state index contributed by atoms with van der Waals surface area (Å²) in [5, 5.41) is 10.5. The van der Waals surface area contributed by atoms with Crippen LogP contribution in [0.3, 0.4) is 0 Å². The summed E-state index contributed by atoms with van der Waals surface area (Å²) in [6, 6.07) is 3.45. The Labute approximate surface area is 131 Å². The van der Waals surface area contributed by atoms with E-state index in [2.05, 4.69) is 0 Å². The van der Waals surface area contributed by atoms with Crippen molar-refractivity contribution in [1.29, 1.82) is 0 Å². The highest BCUT2D eigenvalue weighted by molar-refractivity contribution is 5.83. The van der Waals surface area contributed by atoms with Crippen molar-refractivity contribution in [2.45, 2.75) is 38.9 Å². The molecule has 2 N–H and O–H groups in total. The van der Waals surface area contributed by atoms with E-state index in [-0.39, 0.29) is 13.0 Å². The first-order chi connectivity index (χ1) is 10.6. The number of hydrogen-bond acceptors (Lipinski definition) is 3. The number of carbonyl (C=O) groups is 2. The second-order valence-electron chi connectivity index (χ2n) is 5.15. The topological polar surface area (TPSA) is 75.6 Å². The minimum Gasteiger partial charge on any atom is -0.493 e. The van der Waals surface area contributed by atoms with Crippen molar-refractivity contribution in [3.63, 3.8) is 0 Å². The second-order valence-corrected chi connectivity index (χ2v) is 5.15. The molecule has 1 unspecified atom stereocenters. The largest absolute Gasteiger partial charge is 0.493 e. The Balaban J connectivity index is 2.48. The van der Waals surface area contributed by atoms with Crippen LogP contribution in [-0.4, -0.2) is 35.8 Å². The Morgan fingerprint density at radius 3 is 2.48 bits per heavy atom. The zero-order valence-corrected chi connectivity index (χ0v) is 12.7. The third-order valence-electron chi connectivity index (χ3n) is 2.99. The lowest BCUT2D eigenvalue weighted by Gasteiger charge is -2.16. The van der Waals surface area contributed by atoms with Crippen molar-refractivity contribution in [1.82, 2.24) is 5.32 Å². The van der Waals surface area contributed by atoms with Crippen LogP contribution in [0.5, 0.6) is 5.75 Å². The molecule has 0 heterocycles.